The summed E-state index contributed by atoms with van der Waals surface area (Å²) in [5.74, 6) is -1.75. The molecule has 1 aliphatic heterocycles. The first-order valence-electron chi connectivity index (χ1n) is 5.01. The number of rotatable bonds is 1. The van der Waals surface area contributed by atoms with E-state index in [1.165, 1.54) is 0 Å². The van der Waals surface area contributed by atoms with E-state index in [1.807, 2.05) is 0 Å². The first-order valence-corrected chi connectivity index (χ1v) is 5.01. The van der Waals surface area contributed by atoms with E-state index in [0.29, 0.717) is 18.5 Å². The van der Waals surface area contributed by atoms with Crippen LogP contribution in [0.1, 0.15) is 24.6 Å². The van der Waals surface area contributed by atoms with E-state index in [0.717, 1.165) is 4.90 Å². The summed E-state index contributed by atoms with van der Waals surface area (Å²) in [6.07, 6.45) is -1.97. The van der Waals surface area contributed by atoms with Crippen LogP contribution in [-0.2, 0) is 4.79 Å². The minimum atomic E-state index is -4.78. The third kappa shape index (κ3) is 1.91. The molecule has 1 aromatic rings. The summed E-state index contributed by atoms with van der Waals surface area (Å²) in [7, 11) is 0. The molecule has 1 aliphatic rings. The highest BCUT2D eigenvalue weighted by Gasteiger charge is 2.46. The van der Waals surface area contributed by atoms with Crippen molar-refractivity contribution in [3.8, 4) is 0 Å². The molecule has 2 heterocycles. The Morgan fingerprint density at radius 1 is 1.50 bits per heavy atom. The molecule has 1 unspecified atom stereocenters. The number of amides is 1. The molecule has 0 spiro atoms. The summed E-state index contributed by atoms with van der Waals surface area (Å²) >= 11 is 0. The molecule has 0 aliphatic carbocycles. The Bertz CT molecular complexity index is 372. The Morgan fingerprint density at radius 3 is 2.81 bits per heavy atom. The monoisotopic (exact) mass is 232 g/mol. The van der Waals surface area contributed by atoms with Gasteiger partial charge in [0.1, 0.15) is 0 Å². The van der Waals surface area contributed by atoms with Crippen molar-refractivity contribution < 1.29 is 18.0 Å². The zero-order valence-electron chi connectivity index (χ0n) is 8.42. The normalized spacial score (nSPS) is 21.4. The third-order valence-corrected chi connectivity index (χ3v) is 2.74. The van der Waals surface area contributed by atoms with Crippen LogP contribution in [-0.4, -0.2) is 28.5 Å². The van der Waals surface area contributed by atoms with Crippen LogP contribution in [0.15, 0.2) is 18.3 Å². The van der Waals surface area contributed by atoms with Crippen LogP contribution in [0.25, 0.3) is 0 Å². The van der Waals surface area contributed by atoms with Crippen LogP contribution >= 0.6 is 0 Å². The van der Waals surface area contributed by atoms with Gasteiger partial charge in [0.05, 0.1) is 6.04 Å². The second kappa shape index (κ2) is 3.84. The minimum Gasteiger partial charge on any atom is -0.363 e. The average Bonchev–Trinajstić information content (AvgIpc) is 2.85. The molecule has 1 aromatic heterocycles. The summed E-state index contributed by atoms with van der Waals surface area (Å²) < 4.78 is 36.9. The number of H-pyrrole nitrogens is 1. The molecule has 1 fully saturated rings. The Balaban J connectivity index is 2.19. The lowest BCUT2D eigenvalue weighted by atomic mass is 10.1. The molecule has 3 nitrogen and oxygen atoms in total. The van der Waals surface area contributed by atoms with Gasteiger partial charge in [0, 0.05) is 18.4 Å². The number of hydrogen-bond donors (Lipinski definition) is 1. The number of carbonyl (C=O) groups is 1. The number of nitrogens with one attached hydrogen (secondary N) is 1. The Labute approximate surface area is 90.2 Å². The van der Waals surface area contributed by atoms with Crippen molar-refractivity contribution in [1.29, 1.82) is 0 Å². The molecule has 1 saturated heterocycles. The number of alkyl halides is 3. The first kappa shape index (κ1) is 11.0. The number of carbonyl (C=O) groups excluding carboxylic acids is 1. The van der Waals surface area contributed by atoms with Crippen molar-refractivity contribution >= 4 is 5.91 Å². The van der Waals surface area contributed by atoms with Crippen molar-refractivity contribution in [1.82, 2.24) is 9.88 Å². The molecule has 88 valence electrons. The van der Waals surface area contributed by atoms with Crippen LogP contribution in [0.4, 0.5) is 13.2 Å². The highest BCUT2D eigenvalue weighted by Crippen LogP contribution is 2.34. The molecule has 1 N–H and O–H groups in total. The largest absolute Gasteiger partial charge is 0.471 e. The van der Waals surface area contributed by atoms with Gasteiger partial charge in [-0.3, -0.25) is 4.79 Å². The van der Waals surface area contributed by atoms with E-state index in [-0.39, 0.29) is 6.54 Å². The fourth-order valence-corrected chi connectivity index (χ4v) is 2.05. The number of aromatic nitrogens is 1. The summed E-state index contributed by atoms with van der Waals surface area (Å²) in [6, 6.07) is 2.94. The molecule has 0 aromatic carbocycles. The second-order valence-electron chi connectivity index (χ2n) is 3.78. The molecule has 16 heavy (non-hydrogen) atoms. The smallest absolute Gasteiger partial charge is 0.363 e. The number of hydrogen-bond acceptors (Lipinski definition) is 1. The van der Waals surface area contributed by atoms with Gasteiger partial charge in [-0.25, -0.2) is 0 Å². The van der Waals surface area contributed by atoms with Gasteiger partial charge in [-0.05, 0) is 25.0 Å². The van der Waals surface area contributed by atoms with Gasteiger partial charge in [0.25, 0.3) is 0 Å². The van der Waals surface area contributed by atoms with Gasteiger partial charge in [-0.1, -0.05) is 0 Å². The van der Waals surface area contributed by atoms with Gasteiger partial charge in [0.2, 0.25) is 0 Å². The predicted octanol–water partition coefficient (Wildman–Crippen LogP) is 2.24. The number of aromatic amines is 1. The fraction of sp³-hybridized carbons (Fsp3) is 0.500. The summed E-state index contributed by atoms with van der Waals surface area (Å²) in [6.45, 7) is 0.169. The maximum Gasteiger partial charge on any atom is 0.471 e. The van der Waals surface area contributed by atoms with E-state index < -0.39 is 18.1 Å². The number of likely N-dealkylation sites (tertiary alicyclic amines) is 1. The fourth-order valence-electron chi connectivity index (χ4n) is 2.05. The van der Waals surface area contributed by atoms with Crippen LogP contribution in [0.5, 0.6) is 0 Å². The first-order chi connectivity index (χ1) is 7.50. The Hall–Kier alpha value is -1.46. The molecule has 0 radical (unpaired) electrons. The zero-order chi connectivity index (χ0) is 11.8. The Morgan fingerprint density at radius 2 is 2.25 bits per heavy atom. The molecule has 2 rings (SSSR count). The zero-order valence-corrected chi connectivity index (χ0v) is 8.42. The van der Waals surface area contributed by atoms with Crippen LogP contribution in [0.3, 0.4) is 0 Å². The number of halogens is 3. The summed E-state index contributed by atoms with van der Waals surface area (Å²) in [4.78, 5) is 14.9. The van der Waals surface area contributed by atoms with Gasteiger partial charge in [0.15, 0.2) is 0 Å². The molecular formula is C10H11F3N2O. The average molecular weight is 232 g/mol. The van der Waals surface area contributed by atoms with Gasteiger partial charge < -0.3 is 9.88 Å². The predicted molar refractivity (Wildman–Crippen MR) is 50.5 cm³/mol. The molecular weight excluding hydrogens is 221 g/mol. The van der Waals surface area contributed by atoms with Crippen molar-refractivity contribution in [3.63, 3.8) is 0 Å². The molecule has 6 heteroatoms. The van der Waals surface area contributed by atoms with E-state index in [1.54, 1.807) is 18.3 Å². The van der Waals surface area contributed by atoms with Gasteiger partial charge in [-0.15, -0.1) is 0 Å². The lowest BCUT2D eigenvalue weighted by molar-refractivity contribution is -0.186. The van der Waals surface area contributed by atoms with Crippen LogP contribution < -0.4 is 0 Å². The van der Waals surface area contributed by atoms with Crippen LogP contribution in [0.2, 0.25) is 0 Å². The Kier molecular flexibility index (Phi) is 2.65. The SMILES string of the molecule is O=C(N1CCCC1c1ccc[nH]1)C(F)(F)F. The molecule has 0 bridgehead atoms. The van der Waals surface area contributed by atoms with Crippen molar-refractivity contribution in [2.45, 2.75) is 25.1 Å². The lowest BCUT2D eigenvalue weighted by Gasteiger charge is -2.24. The second-order valence-corrected chi connectivity index (χ2v) is 3.78. The van der Waals surface area contributed by atoms with E-state index >= 15 is 0 Å². The topological polar surface area (TPSA) is 36.1 Å². The van der Waals surface area contributed by atoms with E-state index in [4.69, 9.17) is 0 Å². The quantitative estimate of drug-likeness (QED) is 0.792. The number of nitrogens with zero attached hydrogens (tertiary/aromatic N) is 1. The van der Waals surface area contributed by atoms with E-state index in [2.05, 4.69) is 4.98 Å². The molecule has 0 saturated carbocycles. The lowest BCUT2D eigenvalue weighted by Crippen LogP contribution is -2.40. The van der Waals surface area contributed by atoms with Gasteiger partial charge >= 0.3 is 12.1 Å². The maximum atomic E-state index is 12.3. The minimum absolute atomic E-state index is 0.169. The van der Waals surface area contributed by atoms with Crippen molar-refractivity contribution in [2.75, 3.05) is 6.54 Å². The van der Waals surface area contributed by atoms with Crippen molar-refractivity contribution in [3.05, 3.63) is 24.0 Å². The van der Waals surface area contributed by atoms with Gasteiger partial charge in [-0.2, -0.15) is 13.2 Å². The standard InChI is InChI=1S/C10H11F3N2O/c11-10(12,13)9(16)15-6-2-4-8(15)7-3-1-5-14-7/h1,3,5,8,14H,2,4,6H2. The summed E-state index contributed by atoms with van der Waals surface area (Å²) in [5, 5.41) is 0. The maximum absolute atomic E-state index is 12.3. The summed E-state index contributed by atoms with van der Waals surface area (Å²) in [5.41, 5.74) is 0.662. The van der Waals surface area contributed by atoms with Crippen LogP contribution in [0, 0.1) is 0 Å². The van der Waals surface area contributed by atoms with E-state index in [9.17, 15) is 18.0 Å². The highest BCUT2D eigenvalue weighted by atomic mass is 19.4. The molecule has 1 amide bonds. The molecule has 1 atom stereocenters. The third-order valence-electron chi connectivity index (χ3n) is 2.74. The highest BCUT2D eigenvalue weighted by molar-refractivity contribution is 5.82. The van der Waals surface area contributed by atoms with Crippen molar-refractivity contribution in [2.24, 2.45) is 0 Å².